The molecule has 104 valence electrons. The molecular weight excluding hydrogens is 244 g/mol. The summed E-state index contributed by atoms with van der Waals surface area (Å²) in [5, 5.41) is 8.81. The average molecular weight is 264 g/mol. The first-order valence-electron chi connectivity index (χ1n) is 6.18. The van der Waals surface area contributed by atoms with Crippen LogP contribution in [0.5, 0.6) is 0 Å². The summed E-state index contributed by atoms with van der Waals surface area (Å²) in [6.45, 7) is 7.81. The minimum Gasteiger partial charge on any atom is -0.478 e. The van der Waals surface area contributed by atoms with E-state index < -0.39 is 11.9 Å². The van der Waals surface area contributed by atoms with Gasteiger partial charge in [-0.25, -0.2) is 9.59 Å². The molecule has 0 amide bonds. The zero-order valence-corrected chi connectivity index (χ0v) is 11.4. The van der Waals surface area contributed by atoms with Gasteiger partial charge in [0.1, 0.15) is 6.61 Å². The predicted octanol–water partition coefficient (Wildman–Crippen LogP) is 3.53. The highest BCUT2D eigenvalue weighted by Crippen LogP contribution is 2.10. The maximum absolute atomic E-state index is 11.4. The third-order valence-corrected chi connectivity index (χ3v) is 2.21. The zero-order chi connectivity index (χ0) is 14.7. The Morgan fingerprint density at radius 1 is 1.21 bits per heavy atom. The first-order valence-corrected chi connectivity index (χ1v) is 6.18. The van der Waals surface area contributed by atoms with Crippen molar-refractivity contribution in [1.29, 1.82) is 0 Å². The van der Waals surface area contributed by atoms with Gasteiger partial charge in [-0.1, -0.05) is 51.5 Å². The highest BCUT2D eigenvalue weighted by atomic mass is 16.5. The molecule has 4 heteroatoms. The van der Waals surface area contributed by atoms with Gasteiger partial charge < -0.3 is 9.84 Å². The van der Waals surface area contributed by atoms with Gasteiger partial charge in [-0.3, -0.25) is 0 Å². The lowest BCUT2D eigenvalue weighted by molar-refractivity contribution is 0.0536. The lowest BCUT2D eigenvalue weighted by Crippen LogP contribution is -2.11. The summed E-state index contributed by atoms with van der Waals surface area (Å²) in [7, 11) is 0. The van der Waals surface area contributed by atoms with Crippen LogP contribution in [0.3, 0.4) is 0 Å². The Labute approximate surface area is 113 Å². The van der Waals surface area contributed by atoms with Crippen LogP contribution in [-0.4, -0.2) is 23.7 Å². The highest BCUT2D eigenvalue weighted by Gasteiger charge is 2.16. The summed E-state index contributed by atoms with van der Waals surface area (Å²) >= 11 is 0. The van der Waals surface area contributed by atoms with E-state index in [0.29, 0.717) is 0 Å². The van der Waals surface area contributed by atoms with Crippen LogP contribution in [0.25, 0.3) is 0 Å². The van der Waals surface area contributed by atoms with Crippen molar-refractivity contribution in [3.8, 4) is 0 Å². The summed E-state index contributed by atoms with van der Waals surface area (Å²) < 4.78 is 4.75. The third-order valence-electron chi connectivity index (χ3n) is 2.21. The normalized spacial score (nSPS) is 8.95. The zero-order valence-electron chi connectivity index (χ0n) is 11.4. The monoisotopic (exact) mass is 264 g/mol. The van der Waals surface area contributed by atoms with E-state index in [0.717, 1.165) is 0 Å². The molecule has 0 saturated carbocycles. The number of hydrogen-bond donors (Lipinski definition) is 1. The van der Waals surface area contributed by atoms with E-state index >= 15 is 0 Å². The minimum absolute atomic E-state index is 0.0480. The van der Waals surface area contributed by atoms with Gasteiger partial charge in [0.15, 0.2) is 0 Å². The molecule has 1 aromatic rings. The molecule has 0 spiro atoms. The van der Waals surface area contributed by atoms with Gasteiger partial charge in [0, 0.05) is 0 Å². The topological polar surface area (TPSA) is 63.6 Å². The Bertz CT molecular complexity index is 422. The first kappa shape index (κ1) is 16.9. The molecule has 1 aromatic carbocycles. The van der Waals surface area contributed by atoms with Crippen LogP contribution < -0.4 is 0 Å². The van der Waals surface area contributed by atoms with Crippen LogP contribution in [0.2, 0.25) is 0 Å². The molecule has 0 radical (unpaired) electrons. The quantitative estimate of drug-likeness (QED) is 0.652. The van der Waals surface area contributed by atoms with Crippen LogP contribution in [0.1, 0.15) is 47.4 Å². The predicted molar refractivity (Wildman–Crippen MR) is 74.5 cm³/mol. The Balaban J connectivity index is 0.000000711. The number of carboxylic acid groups (broad SMARTS) is 1. The summed E-state index contributed by atoms with van der Waals surface area (Å²) in [6, 6.07) is 5.90. The highest BCUT2D eigenvalue weighted by molar-refractivity contribution is 6.02. The fraction of sp³-hybridized carbons (Fsp3) is 0.333. The second-order valence-corrected chi connectivity index (χ2v) is 3.74. The van der Waals surface area contributed by atoms with Crippen molar-refractivity contribution in [3.63, 3.8) is 0 Å². The number of hydrogen-bond acceptors (Lipinski definition) is 3. The van der Waals surface area contributed by atoms with Gasteiger partial charge >= 0.3 is 11.9 Å². The summed E-state index contributed by atoms with van der Waals surface area (Å²) in [5.74, 6) is -1.81. The lowest BCUT2D eigenvalue weighted by Gasteiger charge is -2.04. The molecule has 0 unspecified atom stereocenters. The molecule has 4 nitrogen and oxygen atoms in total. The van der Waals surface area contributed by atoms with Crippen molar-refractivity contribution in [1.82, 2.24) is 0 Å². The molecule has 1 N–H and O–H groups in total. The second kappa shape index (κ2) is 9.88. The van der Waals surface area contributed by atoms with Gasteiger partial charge in [0.25, 0.3) is 0 Å². The van der Waals surface area contributed by atoms with Gasteiger partial charge in [-0.15, -0.1) is 0 Å². The molecule has 0 bridgehead atoms. The average Bonchev–Trinajstić information content (AvgIpc) is 2.44. The SMILES string of the molecule is C=CCOC(=O)c1ccccc1C(=O)O.CCCC. The van der Waals surface area contributed by atoms with E-state index in [2.05, 4.69) is 20.4 Å². The number of ether oxygens (including phenoxy) is 1. The number of unbranched alkanes of at least 4 members (excludes halogenated alkanes) is 1. The summed E-state index contributed by atoms with van der Waals surface area (Å²) in [4.78, 5) is 22.2. The number of carbonyl (C=O) groups is 2. The fourth-order valence-electron chi connectivity index (χ4n) is 1.06. The lowest BCUT2D eigenvalue weighted by atomic mass is 10.1. The number of benzene rings is 1. The number of carbonyl (C=O) groups excluding carboxylic acids is 1. The molecular formula is C15H20O4. The maximum atomic E-state index is 11.4. The molecule has 0 atom stereocenters. The Morgan fingerprint density at radius 3 is 2.16 bits per heavy atom. The van der Waals surface area contributed by atoms with Crippen LogP contribution in [0.15, 0.2) is 36.9 Å². The van der Waals surface area contributed by atoms with E-state index in [1.165, 1.54) is 31.1 Å². The van der Waals surface area contributed by atoms with Crippen LogP contribution in [0.4, 0.5) is 0 Å². The molecule has 0 aromatic heterocycles. The van der Waals surface area contributed by atoms with Gasteiger partial charge in [-0.2, -0.15) is 0 Å². The van der Waals surface area contributed by atoms with Crippen molar-refractivity contribution in [2.75, 3.05) is 6.61 Å². The second-order valence-electron chi connectivity index (χ2n) is 3.74. The Hall–Kier alpha value is -2.10. The van der Waals surface area contributed by atoms with Gasteiger partial charge in [-0.05, 0) is 12.1 Å². The largest absolute Gasteiger partial charge is 0.478 e. The Kier molecular flexibility index (Phi) is 8.79. The molecule has 0 aliphatic heterocycles. The van der Waals surface area contributed by atoms with Crippen LogP contribution in [0, 0.1) is 0 Å². The minimum atomic E-state index is -1.15. The standard InChI is InChI=1S/C11H10O4.C4H10/c1-2-7-15-11(14)9-6-4-3-5-8(9)10(12)13;1-3-4-2/h2-6H,1,7H2,(H,12,13);3-4H2,1-2H3. The first-order chi connectivity index (χ1) is 9.08. The van der Waals surface area contributed by atoms with Crippen LogP contribution in [-0.2, 0) is 4.74 Å². The third kappa shape index (κ3) is 6.41. The molecule has 1 rings (SSSR count). The molecule has 0 aliphatic rings. The van der Waals surface area contributed by atoms with E-state index in [4.69, 9.17) is 9.84 Å². The molecule has 0 fully saturated rings. The molecule has 0 aliphatic carbocycles. The van der Waals surface area contributed by atoms with Crippen LogP contribution >= 0.6 is 0 Å². The summed E-state index contributed by atoms with van der Waals surface area (Å²) in [6.07, 6.45) is 4.06. The van der Waals surface area contributed by atoms with E-state index in [1.807, 2.05) is 0 Å². The van der Waals surface area contributed by atoms with Crippen molar-refractivity contribution in [2.45, 2.75) is 26.7 Å². The van der Waals surface area contributed by atoms with Crippen molar-refractivity contribution >= 4 is 11.9 Å². The van der Waals surface area contributed by atoms with Crippen molar-refractivity contribution < 1.29 is 19.4 Å². The Morgan fingerprint density at radius 2 is 1.74 bits per heavy atom. The summed E-state index contributed by atoms with van der Waals surface area (Å²) in [5.41, 5.74) is -0.0154. The smallest absolute Gasteiger partial charge is 0.339 e. The van der Waals surface area contributed by atoms with E-state index in [-0.39, 0.29) is 17.7 Å². The van der Waals surface area contributed by atoms with Crippen molar-refractivity contribution in [3.05, 3.63) is 48.0 Å². The molecule has 0 heterocycles. The number of carboxylic acids is 1. The fourth-order valence-corrected chi connectivity index (χ4v) is 1.06. The number of esters is 1. The number of rotatable bonds is 5. The molecule has 0 saturated heterocycles. The van der Waals surface area contributed by atoms with Crippen molar-refractivity contribution in [2.24, 2.45) is 0 Å². The molecule has 19 heavy (non-hydrogen) atoms. The van der Waals surface area contributed by atoms with Gasteiger partial charge in [0.2, 0.25) is 0 Å². The maximum Gasteiger partial charge on any atom is 0.339 e. The van der Waals surface area contributed by atoms with E-state index in [1.54, 1.807) is 12.1 Å². The number of aromatic carboxylic acids is 1. The van der Waals surface area contributed by atoms with Gasteiger partial charge in [0.05, 0.1) is 11.1 Å². The van der Waals surface area contributed by atoms with E-state index in [9.17, 15) is 9.59 Å².